The summed E-state index contributed by atoms with van der Waals surface area (Å²) in [5.74, 6) is 0.453. The van der Waals surface area contributed by atoms with Gasteiger partial charge < -0.3 is 5.32 Å². The molecule has 0 saturated carbocycles. The molecule has 1 aromatic heterocycles. The average Bonchev–Trinajstić information content (AvgIpc) is 2.96. The second kappa shape index (κ2) is 7.42. The van der Waals surface area contributed by atoms with Crippen molar-refractivity contribution in [2.45, 2.75) is 13.5 Å². The molecule has 0 saturated heterocycles. The molecule has 5 nitrogen and oxygen atoms in total. The van der Waals surface area contributed by atoms with Crippen LogP contribution >= 0.6 is 23.8 Å². The Morgan fingerprint density at radius 3 is 2.71 bits per heavy atom. The van der Waals surface area contributed by atoms with E-state index < -0.39 is 0 Å². The highest BCUT2D eigenvalue weighted by molar-refractivity contribution is 7.80. The van der Waals surface area contributed by atoms with Crippen LogP contribution < -0.4 is 10.6 Å². The van der Waals surface area contributed by atoms with Crippen molar-refractivity contribution in [3.05, 3.63) is 71.0 Å². The van der Waals surface area contributed by atoms with Gasteiger partial charge in [-0.2, -0.15) is 0 Å². The number of halogens is 1. The van der Waals surface area contributed by atoms with Crippen molar-refractivity contribution in [1.29, 1.82) is 0 Å². The summed E-state index contributed by atoms with van der Waals surface area (Å²) in [6, 6.07) is 15.6. The number of aryl methyl sites for hydroxylation is 1. The van der Waals surface area contributed by atoms with Crippen LogP contribution in [-0.2, 0) is 6.54 Å². The third-order valence-corrected chi connectivity index (χ3v) is 3.75. The highest BCUT2D eigenvalue weighted by Crippen LogP contribution is 2.13. The van der Waals surface area contributed by atoms with Crippen molar-refractivity contribution >= 4 is 40.6 Å². The topological polar surface area (TPSA) is 54.8 Å². The fourth-order valence-corrected chi connectivity index (χ4v) is 2.56. The second-order valence-electron chi connectivity index (χ2n) is 5.34. The zero-order valence-corrected chi connectivity index (χ0v) is 14.6. The SMILES string of the molecule is Cc1cccc(Cn2cnc(NC(=S)Nc3ccc(Cl)cc3)n2)c1. The zero-order valence-electron chi connectivity index (χ0n) is 13.0. The number of nitrogens with zero attached hydrogens (tertiary/aromatic N) is 3. The van der Waals surface area contributed by atoms with Gasteiger partial charge in [0.2, 0.25) is 5.95 Å². The molecule has 3 rings (SSSR count). The minimum Gasteiger partial charge on any atom is -0.332 e. The molecule has 0 fully saturated rings. The molecule has 24 heavy (non-hydrogen) atoms. The largest absolute Gasteiger partial charge is 0.332 e. The van der Waals surface area contributed by atoms with Crippen LogP contribution in [0.2, 0.25) is 5.02 Å². The molecule has 0 bridgehead atoms. The van der Waals surface area contributed by atoms with Crippen LogP contribution in [0.15, 0.2) is 54.9 Å². The summed E-state index contributed by atoms with van der Waals surface area (Å²) >= 11 is 11.1. The van der Waals surface area contributed by atoms with Gasteiger partial charge in [0.1, 0.15) is 6.33 Å². The van der Waals surface area contributed by atoms with Crippen molar-refractivity contribution in [2.75, 3.05) is 10.6 Å². The lowest BCUT2D eigenvalue weighted by Crippen LogP contribution is -2.20. The molecule has 2 aromatic carbocycles. The van der Waals surface area contributed by atoms with Gasteiger partial charge >= 0.3 is 0 Å². The van der Waals surface area contributed by atoms with E-state index in [0.717, 1.165) is 5.69 Å². The molecule has 0 spiro atoms. The van der Waals surface area contributed by atoms with E-state index >= 15 is 0 Å². The molecular formula is C17H16ClN5S. The molecule has 0 aliphatic carbocycles. The number of aromatic nitrogens is 3. The van der Waals surface area contributed by atoms with Crippen LogP contribution in [-0.4, -0.2) is 19.9 Å². The lowest BCUT2D eigenvalue weighted by atomic mass is 10.1. The van der Waals surface area contributed by atoms with E-state index in [0.29, 0.717) is 22.6 Å². The Labute approximate surface area is 150 Å². The van der Waals surface area contributed by atoms with E-state index in [1.807, 2.05) is 18.2 Å². The second-order valence-corrected chi connectivity index (χ2v) is 6.19. The molecule has 1 heterocycles. The Bertz CT molecular complexity index is 844. The van der Waals surface area contributed by atoms with Gasteiger partial charge in [0.05, 0.1) is 6.54 Å². The van der Waals surface area contributed by atoms with E-state index in [1.54, 1.807) is 23.1 Å². The maximum Gasteiger partial charge on any atom is 0.248 e. The summed E-state index contributed by atoms with van der Waals surface area (Å²) in [4.78, 5) is 4.22. The smallest absolute Gasteiger partial charge is 0.248 e. The normalized spacial score (nSPS) is 10.4. The molecule has 0 radical (unpaired) electrons. The van der Waals surface area contributed by atoms with Crippen molar-refractivity contribution in [3.8, 4) is 0 Å². The summed E-state index contributed by atoms with van der Waals surface area (Å²) in [7, 11) is 0. The summed E-state index contributed by atoms with van der Waals surface area (Å²) in [5, 5.41) is 11.5. The van der Waals surface area contributed by atoms with Crippen molar-refractivity contribution in [1.82, 2.24) is 14.8 Å². The van der Waals surface area contributed by atoms with Crippen molar-refractivity contribution < 1.29 is 0 Å². The molecule has 2 N–H and O–H groups in total. The number of rotatable bonds is 4. The van der Waals surface area contributed by atoms with Gasteiger partial charge in [-0.05, 0) is 49.0 Å². The highest BCUT2D eigenvalue weighted by atomic mass is 35.5. The molecule has 0 atom stereocenters. The van der Waals surface area contributed by atoms with Crippen LogP contribution in [0.25, 0.3) is 0 Å². The predicted molar refractivity (Wildman–Crippen MR) is 102 cm³/mol. The summed E-state index contributed by atoms with van der Waals surface area (Å²) < 4.78 is 1.77. The van der Waals surface area contributed by atoms with Gasteiger partial charge in [0.25, 0.3) is 0 Å². The van der Waals surface area contributed by atoms with Gasteiger partial charge in [-0.15, -0.1) is 5.10 Å². The fourth-order valence-electron chi connectivity index (χ4n) is 2.22. The van der Waals surface area contributed by atoms with Gasteiger partial charge in [0, 0.05) is 10.7 Å². The lowest BCUT2D eigenvalue weighted by molar-refractivity contribution is 0.687. The molecule has 0 amide bonds. The van der Waals surface area contributed by atoms with E-state index in [2.05, 4.69) is 45.8 Å². The minimum atomic E-state index is 0.422. The molecule has 122 valence electrons. The summed E-state index contributed by atoms with van der Waals surface area (Å²) in [6.07, 6.45) is 1.68. The van der Waals surface area contributed by atoms with Gasteiger partial charge in [-0.25, -0.2) is 9.67 Å². The number of anilines is 2. The molecule has 7 heteroatoms. The van der Waals surface area contributed by atoms with Crippen LogP contribution in [0.4, 0.5) is 11.6 Å². The molecule has 3 aromatic rings. The first-order valence-electron chi connectivity index (χ1n) is 7.37. The molecule has 0 unspecified atom stereocenters. The summed E-state index contributed by atoms with van der Waals surface area (Å²) in [6.45, 7) is 2.73. The molecule has 0 aliphatic rings. The van der Waals surface area contributed by atoms with Gasteiger partial charge in [0.15, 0.2) is 5.11 Å². The zero-order chi connectivity index (χ0) is 16.9. The minimum absolute atomic E-state index is 0.422. The Balaban J connectivity index is 1.59. The first-order valence-corrected chi connectivity index (χ1v) is 8.16. The number of nitrogens with one attached hydrogen (secondary N) is 2. The van der Waals surface area contributed by atoms with Crippen molar-refractivity contribution in [2.24, 2.45) is 0 Å². The molecule has 0 aliphatic heterocycles. The first kappa shape index (κ1) is 16.4. The Hall–Kier alpha value is -2.44. The highest BCUT2D eigenvalue weighted by Gasteiger charge is 2.05. The first-order chi connectivity index (χ1) is 11.6. The van der Waals surface area contributed by atoms with E-state index in [1.165, 1.54) is 11.1 Å². The fraction of sp³-hybridized carbons (Fsp3) is 0.118. The Morgan fingerprint density at radius 2 is 1.96 bits per heavy atom. The van der Waals surface area contributed by atoms with E-state index in [-0.39, 0.29) is 0 Å². The predicted octanol–water partition coefficient (Wildman–Crippen LogP) is 4.10. The van der Waals surface area contributed by atoms with Crippen LogP contribution in [0.1, 0.15) is 11.1 Å². The van der Waals surface area contributed by atoms with Crippen LogP contribution in [0.3, 0.4) is 0 Å². The third kappa shape index (κ3) is 4.53. The van der Waals surface area contributed by atoms with E-state index in [9.17, 15) is 0 Å². The number of thiocarbonyl (C=S) groups is 1. The maximum absolute atomic E-state index is 5.86. The number of hydrogen-bond donors (Lipinski definition) is 2. The number of hydrogen-bond acceptors (Lipinski definition) is 3. The Morgan fingerprint density at radius 1 is 1.17 bits per heavy atom. The third-order valence-electron chi connectivity index (χ3n) is 3.29. The standard InChI is InChI=1S/C17H16ClN5S/c1-12-3-2-4-13(9-12)10-23-11-19-16(22-23)21-17(24)20-15-7-5-14(18)6-8-15/h2-9,11H,10H2,1H3,(H2,20,21,22,24). The number of benzene rings is 2. The maximum atomic E-state index is 5.86. The van der Waals surface area contributed by atoms with Gasteiger partial charge in [-0.3, -0.25) is 5.32 Å². The van der Waals surface area contributed by atoms with Crippen molar-refractivity contribution in [3.63, 3.8) is 0 Å². The van der Waals surface area contributed by atoms with Crippen LogP contribution in [0.5, 0.6) is 0 Å². The lowest BCUT2D eigenvalue weighted by Gasteiger charge is -2.07. The Kier molecular flexibility index (Phi) is 5.08. The average molecular weight is 358 g/mol. The van der Waals surface area contributed by atoms with E-state index in [4.69, 9.17) is 23.8 Å². The molecular weight excluding hydrogens is 342 g/mol. The van der Waals surface area contributed by atoms with Crippen LogP contribution in [0, 0.1) is 6.92 Å². The monoisotopic (exact) mass is 357 g/mol. The van der Waals surface area contributed by atoms with Gasteiger partial charge in [-0.1, -0.05) is 41.4 Å². The summed E-state index contributed by atoms with van der Waals surface area (Å²) in [5.41, 5.74) is 3.24. The quantitative estimate of drug-likeness (QED) is 0.688.